The lowest BCUT2D eigenvalue weighted by atomic mass is 9.36. The smallest absolute Gasteiger partial charge is 0.330 e. The van der Waals surface area contributed by atoms with E-state index in [2.05, 4.69) is 20.4 Å². The summed E-state index contributed by atoms with van der Waals surface area (Å²) in [5.74, 6) is -0.673. The molecule has 0 amide bonds. The Balaban J connectivity index is 1.63. The van der Waals surface area contributed by atoms with Gasteiger partial charge in [0.2, 0.25) is 0 Å². The molecule has 5 nitrogen and oxygen atoms in total. The van der Waals surface area contributed by atoms with Crippen LogP contribution in [0.1, 0.15) is 53.4 Å². The number of allylic oxidation sites excluding steroid dienone is 1. The molecule has 5 heteroatoms. The average Bonchev–Trinajstić information content (AvgIpc) is 3.02. The zero-order chi connectivity index (χ0) is 21.5. The van der Waals surface area contributed by atoms with Gasteiger partial charge in [0.15, 0.2) is 0 Å². The molecule has 8 atom stereocenters. The lowest BCUT2D eigenvalue weighted by Gasteiger charge is -2.66. The second-order valence-electron chi connectivity index (χ2n) is 11.9. The molecule has 1 unspecified atom stereocenters. The van der Waals surface area contributed by atoms with Crippen LogP contribution in [0.25, 0.3) is 0 Å². The largest absolute Gasteiger partial charge is 0.464 e. The summed E-state index contributed by atoms with van der Waals surface area (Å²) < 4.78 is 11.5. The van der Waals surface area contributed by atoms with Gasteiger partial charge >= 0.3 is 11.9 Å². The van der Waals surface area contributed by atoms with Gasteiger partial charge in [0, 0.05) is 28.7 Å². The van der Waals surface area contributed by atoms with E-state index >= 15 is 0 Å². The van der Waals surface area contributed by atoms with Crippen molar-refractivity contribution in [2.75, 3.05) is 6.61 Å². The predicted molar refractivity (Wildman–Crippen MR) is 108 cm³/mol. The third-order valence-corrected chi connectivity index (χ3v) is 10.4. The zero-order valence-corrected chi connectivity index (χ0v) is 18.2. The van der Waals surface area contributed by atoms with Crippen LogP contribution in [0.2, 0.25) is 0 Å². The van der Waals surface area contributed by atoms with Crippen LogP contribution in [0.4, 0.5) is 0 Å². The third-order valence-electron chi connectivity index (χ3n) is 10.4. The minimum atomic E-state index is -0.625. The van der Waals surface area contributed by atoms with E-state index in [1.54, 1.807) is 6.08 Å². The molecule has 1 saturated heterocycles. The van der Waals surface area contributed by atoms with E-state index in [-0.39, 0.29) is 46.8 Å². The van der Waals surface area contributed by atoms with E-state index in [9.17, 15) is 14.4 Å². The van der Waals surface area contributed by atoms with Gasteiger partial charge in [0.05, 0.1) is 5.92 Å². The molecule has 0 aromatic carbocycles. The van der Waals surface area contributed by atoms with Crippen molar-refractivity contribution >= 4 is 17.7 Å². The number of ether oxygens (including phenoxy) is 2. The fourth-order valence-corrected chi connectivity index (χ4v) is 9.69. The van der Waals surface area contributed by atoms with Crippen molar-refractivity contribution < 1.29 is 23.9 Å². The van der Waals surface area contributed by atoms with Crippen LogP contribution in [0.15, 0.2) is 24.3 Å². The SMILES string of the molecule is C=C1C2C(=O)[C@]3(C)C[C@@H]4C(=O)OC[C@]14[C@@]1(CC[C@H]4C(C)(C)OC(=O)C=C[C@]4(C)[C@H]21)C3. The first-order valence-electron chi connectivity index (χ1n) is 11.3. The highest BCUT2D eigenvalue weighted by Crippen LogP contribution is 2.84. The van der Waals surface area contributed by atoms with E-state index in [4.69, 9.17) is 9.47 Å². The average molecular weight is 411 g/mol. The van der Waals surface area contributed by atoms with Crippen molar-refractivity contribution in [2.24, 2.45) is 45.3 Å². The second-order valence-corrected chi connectivity index (χ2v) is 11.9. The number of hydrogen-bond acceptors (Lipinski definition) is 5. The number of rotatable bonds is 0. The molecule has 30 heavy (non-hydrogen) atoms. The van der Waals surface area contributed by atoms with Gasteiger partial charge in [-0.2, -0.15) is 0 Å². The molecule has 6 aliphatic rings. The molecule has 3 bridgehead atoms. The molecule has 4 aliphatic carbocycles. The maximum atomic E-state index is 14.0. The molecule has 2 aliphatic heterocycles. The predicted octanol–water partition coefficient (Wildman–Crippen LogP) is 3.63. The van der Waals surface area contributed by atoms with Crippen LogP contribution < -0.4 is 0 Å². The van der Waals surface area contributed by atoms with Crippen LogP contribution in [0.5, 0.6) is 0 Å². The van der Waals surface area contributed by atoms with Crippen molar-refractivity contribution in [1.82, 2.24) is 0 Å². The summed E-state index contributed by atoms with van der Waals surface area (Å²) in [6.07, 6.45) is 6.77. The molecular formula is C25H30O5. The normalized spacial score (nSPS) is 54.8. The minimum Gasteiger partial charge on any atom is -0.464 e. The van der Waals surface area contributed by atoms with Crippen molar-refractivity contribution in [3.05, 3.63) is 24.3 Å². The van der Waals surface area contributed by atoms with Crippen LogP contribution >= 0.6 is 0 Å². The maximum Gasteiger partial charge on any atom is 0.330 e. The molecular weight excluding hydrogens is 380 g/mol. The number of carbonyl (C=O) groups excluding carboxylic acids is 3. The highest BCUT2D eigenvalue weighted by Gasteiger charge is 2.84. The van der Waals surface area contributed by atoms with Crippen LogP contribution in [0.3, 0.4) is 0 Å². The molecule has 6 rings (SSSR count). The summed E-state index contributed by atoms with van der Waals surface area (Å²) in [5, 5.41) is 0. The highest BCUT2D eigenvalue weighted by atomic mass is 16.6. The Morgan fingerprint density at radius 2 is 1.87 bits per heavy atom. The summed E-state index contributed by atoms with van der Waals surface area (Å²) >= 11 is 0. The van der Waals surface area contributed by atoms with Gasteiger partial charge < -0.3 is 9.47 Å². The molecule has 0 N–H and O–H groups in total. The first-order chi connectivity index (χ1) is 13.9. The topological polar surface area (TPSA) is 69.7 Å². The number of hydrogen-bond donors (Lipinski definition) is 0. The number of Topliss-reactive ketones (excluding diaryl/α,β-unsaturated/α-hetero) is 1. The van der Waals surface area contributed by atoms with Crippen LogP contribution in [-0.2, 0) is 23.9 Å². The Bertz CT molecular complexity index is 976. The first kappa shape index (κ1) is 18.8. The summed E-state index contributed by atoms with van der Waals surface area (Å²) in [6, 6.07) is 0. The van der Waals surface area contributed by atoms with Crippen LogP contribution in [0, 0.1) is 45.3 Å². The Labute approximate surface area is 177 Å². The standard InChI is InChI=1S/C25H30O5/c1-13-17-18-23(5)8-7-16(26)30-21(2,3)15(23)6-9-24(18)11-22(4,19(17)27)10-14-20(28)29-12-25(13,14)24/h7-8,14-15,17-18H,1,6,9-12H2,2-5H3/t14-,15+,17?,18+,22-,23+,24+,25+/m1/s1. The summed E-state index contributed by atoms with van der Waals surface area (Å²) in [4.78, 5) is 39.2. The highest BCUT2D eigenvalue weighted by molar-refractivity contribution is 5.96. The minimum absolute atomic E-state index is 0.0131. The van der Waals surface area contributed by atoms with Gasteiger partial charge in [-0.15, -0.1) is 0 Å². The van der Waals surface area contributed by atoms with E-state index < -0.39 is 21.8 Å². The molecule has 160 valence electrons. The number of carbonyl (C=O) groups is 3. The maximum absolute atomic E-state index is 14.0. The molecule has 5 fully saturated rings. The number of cyclic esters (lactones) is 2. The molecule has 0 radical (unpaired) electrons. The fraction of sp³-hybridized carbons (Fsp3) is 0.720. The van der Waals surface area contributed by atoms with Crippen molar-refractivity contribution in [3.63, 3.8) is 0 Å². The van der Waals surface area contributed by atoms with E-state index in [1.807, 2.05) is 19.9 Å². The van der Waals surface area contributed by atoms with Crippen molar-refractivity contribution in [3.8, 4) is 0 Å². The Kier molecular flexibility index (Phi) is 3.10. The first-order valence-corrected chi connectivity index (χ1v) is 11.3. The molecule has 2 heterocycles. The van der Waals surface area contributed by atoms with E-state index in [0.717, 1.165) is 24.8 Å². The summed E-state index contributed by atoms with van der Waals surface area (Å²) in [7, 11) is 0. The van der Waals surface area contributed by atoms with Gasteiger partial charge in [-0.1, -0.05) is 32.1 Å². The van der Waals surface area contributed by atoms with Gasteiger partial charge in [0.1, 0.15) is 18.0 Å². The fourth-order valence-electron chi connectivity index (χ4n) is 9.69. The van der Waals surface area contributed by atoms with Crippen molar-refractivity contribution in [2.45, 2.75) is 59.0 Å². The lowest BCUT2D eigenvalue weighted by molar-refractivity contribution is -0.204. The molecule has 4 saturated carbocycles. The zero-order valence-electron chi connectivity index (χ0n) is 18.2. The number of fused-ring (bicyclic) bond motifs is 2. The third kappa shape index (κ3) is 1.67. The van der Waals surface area contributed by atoms with Gasteiger partial charge in [0.25, 0.3) is 0 Å². The Morgan fingerprint density at radius 3 is 2.60 bits per heavy atom. The summed E-state index contributed by atoms with van der Waals surface area (Å²) in [6.45, 7) is 13.1. The molecule has 0 aromatic heterocycles. The van der Waals surface area contributed by atoms with Crippen molar-refractivity contribution in [1.29, 1.82) is 0 Å². The Hall–Kier alpha value is -1.91. The van der Waals surface area contributed by atoms with Gasteiger partial charge in [-0.05, 0) is 56.3 Å². The Morgan fingerprint density at radius 1 is 1.13 bits per heavy atom. The van der Waals surface area contributed by atoms with E-state index in [0.29, 0.717) is 13.0 Å². The van der Waals surface area contributed by atoms with E-state index in [1.165, 1.54) is 0 Å². The van der Waals surface area contributed by atoms with Gasteiger partial charge in [-0.3, -0.25) is 9.59 Å². The lowest BCUT2D eigenvalue weighted by Crippen LogP contribution is -2.66. The number of esters is 2. The molecule has 0 aromatic rings. The monoisotopic (exact) mass is 410 g/mol. The summed E-state index contributed by atoms with van der Waals surface area (Å²) in [5.41, 5.74) is -1.24. The van der Waals surface area contributed by atoms with Gasteiger partial charge in [-0.25, -0.2) is 4.79 Å². The van der Waals surface area contributed by atoms with Crippen LogP contribution in [-0.4, -0.2) is 29.9 Å². The number of ketones is 1. The second kappa shape index (κ2) is 4.94. The quantitative estimate of drug-likeness (QED) is 0.451. The molecule has 2 spiro atoms.